The molecule has 3 rings (SSSR count). The molecule has 0 spiro atoms. The molecule has 2 atom stereocenters. The van der Waals surface area contributed by atoms with Crippen LogP contribution in [0.3, 0.4) is 0 Å². The molecule has 2 N–H and O–H groups in total. The van der Waals surface area contributed by atoms with Gasteiger partial charge in [0.15, 0.2) is 16.9 Å². The number of fused-ring (bicyclic) bond motifs is 1. The largest absolute Gasteiger partial charge is 0.490 e. The van der Waals surface area contributed by atoms with Crippen molar-refractivity contribution in [3.8, 4) is 29.7 Å². The Morgan fingerprint density at radius 2 is 1.97 bits per heavy atom. The lowest BCUT2D eigenvalue weighted by molar-refractivity contribution is -0.129. The Balaban J connectivity index is 2.27. The number of benzene rings is 1. The first-order valence-electron chi connectivity index (χ1n) is 10.9. The second kappa shape index (κ2) is 9.27. The van der Waals surface area contributed by atoms with E-state index in [4.69, 9.17) is 15.2 Å². The van der Waals surface area contributed by atoms with Gasteiger partial charge in [0.05, 0.1) is 36.1 Å². The normalized spacial score (nSPS) is 21.3. The highest BCUT2D eigenvalue weighted by molar-refractivity contribution is 5.74. The number of nitrogens with zero attached hydrogens (tertiary/aromatic N) is 4. The second-order valence-corrected chi connectivity index (χ2v) is 8.41. The Bertz CT molecular complexity index is 1130. The van der Waals surface area contributed by atoms with Gasteiger partial charge >= 0.3 is 0 Å². The van der Waals surface area contributed by atoms with E-state index in [1.54, 1.807) is 29.2 Å². The van der Waals surface area contributed by atoms with Crippen molar-refractivity contribution in [2.24, 2.45) is 17.1 Å². The number of hydrogen-bond acceptors (Lipinski definition) is 7. The fraction of sp³-hybridized carbons (Fsp3) is 0.440. The van der Waals surface area contributed by atoms with Crippen LogP contribution in [0.4, 0.5) is 0 Å². The third-order valence-corrected chi connectivity index (χ3v) is 6.10. The summed E-state index contributed by atoms with van der Waals surface area (Å²) < 4.78 is 11.7. The molecule has 8 nitrogen and oxygen atoms in total. The Labute approximate surface area is 194 Å². The molecule has 0 radical (unpaired) electrons. The van der Waals surface area contributed by atoms with E-state index in [0.29, 0.717) is 35.8 Å². The van der Waals surface area contributed by atoms with Crippen LogP contribution >= 0.6 is 0 Å². The fourth-order valence-electron chi connectivity index (χ4n) is 4.65. The van der Waals surface area contributed by atoms with Crippen LogP contribution in [0.15, 0.2) is 41.1 Å². The minimum Gasteiger partial charge on any atom is -0.490 e. The van der Waals surface area contributed by atoms with Crippen molar-refractivity contribution in [1.82, 2.24) is 4.90 Å². The van der Waals surface area contributed by atoms with Crippen molar-refractivity contribution in [1.29, 1.82) is 15.8 Å². The summed E-state index contributed by atoms with van der Waals surface area (Å²) in [5.74, 6) is -0.260. The van der Waals surface area contributed by atoms with E-state index in [9.17, 15) is 20.6 Å². The van der Waals surface area contributed by atoms with Crippen molar-refractivity contribution < 1.29 is 14.3 Å². The maximum Gasteiger partial charge on any atom is 0.219 e. The van der Waals surface area contributed by atoms with Gasteiger partial charge in [-0.05, 0) is 44.0 Å². The number of allylic oxidation sites excluding steroid dienone is 2. The summed E-state index contributed by atoms with van der Waals surface area (Å²) >= 11 is 0. The summed E-state index contributed by atoms with van der Waals surface area (Å²) in [5, 5.41) is 30.3. The van der Waals surface area contributed by atoms with Crippen molar-refractivity contribution >= 4 is 5.91 Å². The summed E-state index contributed by atoms with van der Waals surface area (Å²) in [7, 11) is 0. The predicted molar refractivity (Wildman–Crippen MR) is 120 cm³/mol. The topological polar surface area (TPSA) is 136 Å². The highest BCUT2D eigenvalue weighted by Crippen LogP contribution is 2.54. The number of rotatable bonds is 5. The highest BCUT2D eigenvalue weighted by Gasteiger charge is 2.54. The fourth-order valence-corrected chi connectivity index (χ4v) is 4.65. The van der Waals surface area contributed by atoms with Gasteiger partial charge < -0.3 is 20.1 Å². The van der Waals surface area contributed by atoms with Gasteiger partial charge in [-0.3, -0.25) is 4.79 Å². The molecular formula is C25H27N5O3. The maximum atomic E-state index is 12.1. The van der Waals surface area contributed by atoms with E-state index >= 15 is 0 Å². The van der Waals surface area contributed by atoms with E-state index in [2.05, 4.69) is 18.2 Å². The van der Waals surface area contributed by atoms with Gasteiger partial charge in [-0.25, -0.2) is 0 Å². The van der Waals surface area contributed by atoms with Crippen LogP contribution in [-0.4, -0.2) is 36.6 Å². The first-order valence-corrected chi connectivity index (χ1v) is 10.9. The maximum absolute atomic E-state index is 12.1. The zero-order valence-corrected chi connectivity index (χ0v) is 19.3. The van der Waals surface area contributed by atoms with E-state index < -0.39 is 17.3 Å². The summed E-state index contributed by atoms with van der Waals surface area (Å²) in [4.78, 5) is 13.8. The van der Waals surface area contributed by atoms with E-state index in [0.717, 1.165) is 0 Å². The molecule has 1 heterocycles. The summed E-state index contributed by atoms with van der Waals surface area (Å²) in [6.45, 7) is 8.15. The minimum absolute atomic E-state index is 0.0563. The van der Waals surface area contributed by atoms with Gasteiger partial charge in [-0.1, -0.05) is 12.1 Å². The first kappa shape index (κ1) is 23.7. The van der Waals surface area contributed by atoms with Crippen molar-refractivity contribution in [3.05, 3.63) is 46.7 Å². The van der Waals surface area contributed by atoms with Crippen LogP contribution in [0.25, 0.3) is 0 Å². The number of carbonyl (C=O) groups excluding carboxylic acids is 1. The smallest absolute Gasteiger partial charge is 0.219 e. The van der Waals surface area contributed by atoms with Crippen LogP contribution in [0.2, 0.25) is 0 Å². The number of nitriles is 3. The molecule has 0 aromatic heterocycles. The van der Waals surface area contributed by atoms with Crippen LogP contribution < -0.4 is 15.2 Å². The Morgan fingerprint density at radius 3 is 2.52 bits per heavy atom. The SMILES string of the molecule is CCOc1cc([C@H]2[C@H]3CN(C(C)=O)CC=C3C(C#N)=C(N)C2(C#N)C#N)ccc1OC(C)C. The number of carbonyl (C=O) groups is 1. The minimum atomic E-state index is -1.78. The Hall–Kier alpha value is -3.96. The summed E-state index contributed by atoms with van der Waals surface area (Å²) in [6.07, 6.45) is 1.72. The molecule has 0 bridgehead atoms. The summed E-state index contributed by atoms with van der Waals surface area (Å²) in [6, 6.07) is 11.6. The monoisotopic (exact) mass is 445 g/mol. The van der Waals surface area contributed by atoms with Crippen LogP contribution in [-0.2, 0) is 4.79 Å². The number of nitrogens with two attached hydrogens (primary N) is 1. The molecule has 2 aliphatic rings. The molecule has 0 saturated heterocycles. The molecule has 0 saturated carbocycles. The first-order chi connectivity index (χ1) is 15.7. The lowest BCUT2D eigenvalue weighted by Gasteiger charge is -2.45. The Morgan fingerprint density at radius 1 is 1.27 bits per heavy atom. The van der Waals surface area contributed by atoms with Crippen LogP contribution in [0.1, 0.15) is 39.2 Å². The van der Waals surface area contributed by atoms with E-state index in [-0.39, 0.29) is 29.8 Å². The van der Waals surface area contributed by atoms with Crippen LogP contribution in [0, 0.1) is 45.3 Å². The third-order valence-electron chi connectivity index (χ3n) is 6.10. The molecule has 8 heteroatoms. The number of amides is 1. The van der Waals surface area contributed by atoms with Gasteiger partial charge in [-0.15, -0.1) is 0 Å². The van der Waals surface area contributed by atoms with Gasteiger partial charge in [0.25, 0.3) is 0 Å². The lowest BCUT2D eigenvalue weighted by Crippen LogP contribution is -2.48. The van der Waals surface area contributed by atoms with Crippen LogP contribution in [0.5, 0.6) is 11.5 Å². The van der Waals surface area contributed by atoms with Gasteiger partial charge in [-0.2, -0.15) is 15.8 Å². The Kier molecular flexibility index (Phi) is 6.65. The average molecular weight is 446 g/mol. The second-order valence-electron chi connectivity index (χ2n) is 8.41. The molecule has 0 unspecified atom stereocenters. The molecule has 1 aromatic rings. The summed E-state index contributed by atoms with van der Waals surface area (Å²) in [5.41, 5.74) is 5.97. The highest BCUT2D eigenvalue weighted by atomic mass is 16.5. The van der Waals surface area contributed by atoms with E-state index in [1.807, 2.05) is 20.8 Å². The van der Waals surface area contributed by atoms with Gasteiger partial charge in [0.2, 0.25) is 5.91 Å². The van der Waals surface area contributed by atoms with Gasteiger partial charge in [0, 0.05) is 31.8 Å². The predicted octanol–water partition coefficient (Wildman–Crippen LogP) is 3.14. The lowest BCUT2D eigenvalue weighted by atomic mass is 9.58. The van der Waals surface area contributed by atoms with Crippen molar-refractivity contribution in [3.63, 3.8) is 0 Å². The zero-order chi connectivity index (χ0) is 24.3. The molecule has 1 aromatic carbocycles. The number of hydrogen-bond donors (Lipinski definition) is 1. The van der Waals surface area contributed by atoms with E-state index in [1.165, 1.54) is 6.92 Å². The molecule has 1 aliphatic carbocycles. The van der Waals surface area contributed by atoms with Gasteiger partial charge in [0.1, 0.15) is 6.07 Å². The molecular weight excluding hydrogens is 418 g/mol. The molecule has 1 aliphatic heterocycles. The molecule has 33 heavy (non-hydrogen) atoms. The molecule has 170 valence electrons. The van der Waals surface area contributed by atoms with Crippen molar-refractivity contribution in [2.75, 3.05) is 19.7 Å². The number of ether oxygens (including phenoxy) is 2. The van der Waals surface area contributed by atoms with Crippen molar-refractivity contribution in [2.45, 2.75) is 39.7 Å². The average Bonchev–Trinajstić information content (AvgIpc) is 2.79. The zero-order valence-electron chi connectivity index (χ0n) is 19.3. The standard InChI is InChI=1S/C25H27N5O3/c1-5-32-22-10-17(6-7-21(22)33-15(2)3)23-20-12-30(16(4)31)9-8-18(20)19(11-26)24(29)25(23,13-27)14-28/h6-8,10,15,20,23H,5,9,12,29H2,1-4H3/t20-,23-/m0/s1. The molecule has 1 amide bonds. The molecule has 0 fully saturated rings. The third kappa shape index (κ3) is 3.99. The quantitative estimate of drug-likeness (QED) is 0.735.